The standard InChI is InChI=1S/C21H26O6S/c1-11(2)27-17-8-9-28(25,26)21-12(3)10-14(13(4)18(17)21)20(24)19-15(22)6-5-7-16(19)23/h10-11,17,19H,5-9H2,1-4H3. The molecule has 0 bridgehead atoms. The smallest absolute Gasteiger partial charge is 0.181 e. The number of Topliss-reactive ketones (excluding diaryl/α,β-unsaturated/α-hetero) is 3. The van der Waals surface area contributed by atoms with Gasteiger partial charge in [-0.3, -0.25) is 14.4 Å². The number of carbonyl (C=O) groups excluding carboxylic acids is 3. The van der Waals surface area contributed by atoms with E-state index in [-0.39, 0.29) is 46.7 Å². The summed E-state index contributed by atoms with van der Waals surface area (Å²) in [6.45, 7) is 7.08. The Bertz CT molecular complexity index is 942. The molecule has 1 unspecified atom stereocenters. The Hall–Kier alpha value is -1.86. The van der Waals surface area contributed by atoms with Gasteiger partial charge in [-0.05, 0) is 57.7 Å². The lowest BCUT2D eigenvalue weighted by molar-refractivity contribution is -0.133. The molecule has 0 amide bonds. The topological polar surface area (TPSA) is 94.6 Å². The SMILES string of the molecule is Cc1cc(C(=O)C2C(=O)CCCC2=O)c(C)c2c1S(=O)(=O)CCC2OC(C)C. The minimum Gasteiger partial charge on any atom is -0.371 e. The van der Waals surface area contributed by atoms with Gasteiger partial charge in [0.05, 0.1) is 22.9 Å². The zero-order valence-corrected chi connectivity index (χ0v) is 17.5. The molecule has 1 aromatic rings. The van der Waals surface area contributed by atoms with Crippen molar-refractivity contribution in [3.63, 3.8) is 0 Å². The maximum Gasteiger partial charge on any atom is 0.181 e. The van der Waals surface area contributed by atoms with Crippen LogP contribution in [0.2, 0.25) is 0 Å². The van der Waals surface area contributed by atoms with Crippen molar-refractivity contribution in [3.8, 4) is 0 Å². The van der Waals surface area contributed by atoms with E-state index in [1.807, 2.05) is 13.8 Å². The molecule has 1 saturated carbocycles. The van der Waals surface area contributed by atoms with E-state index in [2.05, 4.69) is 0 Å². The van der Waals surface area contributed by atoms with Crippen LogP contribution >= 0.6 is 0 Å². The van der Waals surface area contributed by atoms with Crippen LogP contribution in [0.3, 0.4) is 0 Å². The van der Waals surface area contributed by atoms with Gasteiger partial charge in [-0.2, -0.15) is 0 Å². The molecule has 1 atom stereocenters. The van der Waals surface area contributed by atoms with Gasteiger partial charge in [-0.15, -0.1) is 0 Å². The highest BCUT2D eigenvalue weighted by Gasteiger charge is 2.40. The lowest BCUT2D eigenvalue weighted by atomic mass is 9.79. The second-order valence-corrected chi connectivity index (χ2v) is 10.0. The number of ketones is 3. The van der Waals surface area contributed by atoms with Crippen LogP contribution in [0.4, 0.5) is 0 Å². The molecule has 0 spiro atoms. The fourth-order valence-electron chi connectivity index (χ4n) is 4.30. The number of hydrogen-bond acceptors (Lipinski definition) is 6. The summed E-state index contributed by atoms with van der Waals surface area (Å²) >= 11 is 0. The van der Waals surface area contributed by atoms with Gasteiger partial charge in [0.25, 0.3) is 0 Å². The number of carbonyl (C=O) groups is 3. The first kappa shape index (κ1) is 20.9. The molecular weight excluding hydrogens is 380 g/mol. The minimum atomic E-state index is -3.48. The van der Waals surface area contributed by atoms with E-state index in [1.54, 1.807) is 13.8 Å². The monoisotopic (exact) mass is 406 g/mol. The van der Waals surface area contributed by atoms with Crippen molar-refractivity contribution < 1.29 is 27.5 Å². The summed E-state index contributed by atoms with van der Waals surface area (Å²) in [5.41, 5.74) is 1.70. The molecule has 0 aromatic heterocycles. The molecular formula is C21H26O6S. The summed E-state index contributed by atoms with van der Waals surface area (Å²) in [5, 5.41) is 0. The quantitative estimate of drug-likeness (QED) is 0.563. The Morgan fingerprint density at radius 1 is 1.14 bits per heavy atom. The predicted molar refractivity (Wildman–Crippen MR) is 103 cm³/mol. The zero-order valence-electron chi connectivity index (χ0n) is 16.7. The van der Waals surface area contributed by atoms with Crippen molar-refractivity contribution in [2.75, 3.05) is 5.75 Å². The molecule has 0 N–H and O–H groups in total. The molecule has 1 aromatic carbocycles. The predicted octanol–water partition coefficient (Wildman–Crippen LogP) is 3.07. The van der Waals surface area contributed by atoms with Crippen LogP contribution in [0.15, 0.2) is 11.0 Å². The minimum absolute atomic E-state index is 0.00937. The molecule has 3 rings (SSSR count). The Morgan fingerprint density at radius 2 is 1.75 bits per heavy atom. The first-order valence-corrected chi connectivity index (χ1v) is 11.3. The van der Waals surface area contributed by atoms with Crippen LogP contribution < -0.4 is 0 Å². The van der Waals surface area contributed by atoms with E-state index in [0.717, 1.165) is 0 Å². The second kappa shape index (κ2) is 7.52. The molecule has 152 valence electrons. The molecule has 0 radical (unpaired) electrons. The van der Waals surface area contributed by atoms with Crippen LogP contribution in [0.25, 0.3) is 0 Å². The van der Waals surface area contributed by atoms with Gasteiger partial charge in [-0.1, -0.05) is 0 Å². The summed E-state index contributed by atoms with van der Waals surface area (Å²) < 4.78 is 31.4. The molecule has 1 fully saturated rings. The molecule has 1 aliphatic heterocycles. The van der Waals surface area contributed by atoms with E-state index in [0.29, 0.717) is 29.5 Å². The fraction of sp³-hybridized carbons (Fsp3) is 0.571. The van der Waals surface area contributed by atoms with Gasteiger partial charge in [0, 0.05) is 24.0 Å². The van der Waals surface area contributed by atoms with Crippen molar-refractivity contribution >= 4 is 27.2 Å². The fourth-order valence-corrected chi connectivity index (χ4v) is 6.20. The van der Waals surface area contributed by atoms with Gasteiger partial charge >= 0.3 is 0 Å². The van der Waals surface area contributed by atoms with E-state index in [4.69, 9.17) is 4.74 Å². The van der Waals surface area contributed by atoms with Gasteiger partial charge in [0.15, 0.2) is 27.2 Å². The Morgan fingerprint density at radius 3 is 2.32 bits per heavy atom. The van der Waals surface area contributed by atoms with Crippen molar-refractivity contribution in [1.29, 1.82) is 0 Å². The Labute approximate surface area is 165 Å². The molecule has 0 saturated heterocycles. The van der Waals surface area contributed by atoms with Crippen LogP contribution in [-0.2, 0) is 24.2 Å². The van der Waals surface area contributed by atoms with E-state index >= 15 is 0 Å². The summed E-state index contributed by atoms with van der Waals surface area (Å²) in [4.78, 5) is 37.9. The zero-order chi connectivity index (χ0) is 20.8. The van der Waals surface area contributed by atoms with Crippen LogP contribution in [0, 0.1) is 19.8 Å². The third-order valence-corrected chi connectivity index (χ3v) is 7.44. The van der Waals surface area contributed by atoms with Crippen molar-refractivity contribution in [2.45, 2.75) is 70.5 Å². The lowest BCUT2D eigenvalue weighted by Gasteiger charge is -2.31. The highest BCUT2D eigenvalue weighted by Crippen LogP contribution is 2.41. The highest BCUT2D eigenvalue weighted by atomic mass is 32.2. The third-order valence-electron chi connectivity index (χ3n) is 5.51. The number of fused-ring (bicyclic) bond motifs is 1. The molecule has 1 heterocycles. The van der Waals surface area contributed by atoms with Crippen molar-refractivity contribution in [2.24, 2.45) is 5.92 Å². The highest BCUT2D eigenvalue weighted by molar-refractivity contribution is 7.91. The first-order chi connectivity index (χ1) is 13.0. The third kappa shape index (κ3) is 3.57. The average Bonchev–Trinajstić information content (AvgIpc) is 2.58. The molecule has 28 heavy (non-hydrogen) atoms. The average molecular weight is 407 g/mol. The summed E-state index contributed by atoms with van der Waals surface area (Å²) in [5.74, 6) is -2.50. The molecule has 2 aliphatic rings. The summed E-state index contributed by atoms with van der Waals surface area (Å²) in [6, 6.07) is 1.51. The maximum atomic E-state index is 13.1. The maximum absolute atomic E-state index is 13.1. The van der Waals surface area contributed by atoms with Gasteiger partial charge in [-0.25, -0.2) is 8.42 Å². The number of ether oxygens (including phenoxy) is 1. The lowest BCUT2D eigenvalue weighted by Crippen LogP contribution is -2.36. The van der Waals surface area contributed by atoms with Gasteiger partial charge < -0.3 is 4.74 Å². The second-order valence-electron chi connectivity index (χ2n) is 7.97. The number of aryl methyl sites for hydroxylation is 1. The van der Waals surface area contributed by atoms with Gasteiger partial charge in [0.2, 0.25) is 0 Å². The molecule has 7 heteroatoms. The van der Waals surface area contributed by atoms with E-state index < -0.39 is 27.6 Å². The van der Waals surface area contributed by atoms with E-state index in [9.17, 15) is 22.8 Å². The van der Waals surface area contributed by atoms with Crippen LogP contribution in [0.1, 0.15) is 72.7 Å². The Balaban J connectivity index is 2.18. The summed E-state index contributed by atoms with van der Waals surface area (Å²) in [7, 11) is -3.48. The summed E-state index contributed by atoms with van der Waals surface area (Å²) in [6.07, 6.45) is 0.678. The number of rotatable bonds is 4. The molecule has 1 aliphatic carbocycles. The van der Waals surface area contributed by atoms with E-state index in [1.165, 1.54) is 6.07 Å². The first-order valence-electron chi connectivity index (χ1n) is 9.66. The normalized spacial score (nSPS) is 22.4. The van der Waals surface area contributed by atoms with Crippen molar-refractivity contribution in [1.82, 2.24) is 0 Å². The Kier molecular flexibility index (Phi) is 5.60. The number of hydrogen-bond donors (Lipinski definition) is 0. The number of benzene rings is 1. The largest absolute Gasteiger partial charge is 0.371 e. The van der Waals surface area contributed by atoms with Gasteiger partial charge in [0.1, 0.15) is 5.92 Å². The van der Waals surface area contributed by atoms with Crippen LogP contribution in [0.5, 0.6) is 0 Å². The van der Waals surface area contributed by atoms with Crippen molar-refractivity contribution in [3.05, 3.63) is 28.3 Å². The number of sulfone groups is 1. The molecule has 6 nitrogen and oxygen atoms in total. The van der Waals surface area contributed by atoms with Crippen LogP contribution in [-0.4, -0.2) is 37.6 Å².